The fraction of sp³-hybridized carbons (Fsp3) is 0.667. The van der Waals surface area contributed by atoms with E-state index >= 15 is 0 Å². The van der Waals surface area contributed by atoms with Gasteiger partial charge in [0.25, 0.3) is 0 Å². The highest BCUT2D eigenvalue weighted by molar-refractivity contribution is 9.10. The Kier molecular flexibility index (Phi) is 6.03. The zero-order chi connectivity index (χ0) is 11.1. The molecule has 15 heavy (non-hydrogen) atoms. The van der Waals surface area contributed by atoms with Crippen LogP contribution in [0.3, 0.4) is 0 Å². The summed E-state index contributed by atoms with van der Waals surface area (Å²) in [5.74, 6) is 0.664. The molecule has 3 heteroatoms. The average Bonchev–Trinajstić information content (AvgIpc) is 2.64. The van der Waals surface area contributed by atoms with Crippen LogP contribution in [0, 0.1) is 0 Å². The van der Waals surface area contributed by atoms with Gasteiger partial charge in [0.1, 0.15) is 11.9 Å². The number of rotatable bonds is 7. The van der Waals surface area contributed by atoms with E-state index in [9.17, 15) is 5.11 Å². The molecule has 0 spiro atoms. The van der Waals surface area contributed by atoms with E-state index in [1.165, 1.54) is 25.7 Å². The average molecular weight is 275 g/mol. The minimum atomic E-state index is -0.446. The monoisotopic (exact) mass is 274 g/mol. The lowest BCUT2D eigenvalue weighted by Crippen LogP contribution is -1.95. The van der Waals surface area contributed by atoms with Crippen molar-refractivity contribution < 1.29 is 9.52 Å². The second-order valence-electron chi connectivity index (χ2n) is 3.86. The van der Waals surface area contributed by atoms with E-state index in [4.69, 9.17) is 4.42 Å². The molecule has 2 nitrogen and oxygen atoms in total. The van der Waals surface area contributed by atoms with Gasteiger partial charge in [-0.3, -0.25) is 0 Å². The van der Waals surface area contributed by atoms with Gasteiger partial charge in [-0.2, -0.15) is 0 Å². The number of aliphatic hydroxyl groups is 1. The standard InChI is InChI=1S/C12H19BrO2/c1-2-3-4-5-6-7-10(14)11-8-9-12(13)15-11/h8-10,14H,2-7H2,1H3. The van der Waals surface area contributed by atoms with Gasteiger partial charge in [0.05, 0.1) is 0 Å². The first-order chi connectivity index (χ1) is 7.24. The third-order valence-electron chi connectivity index (χ3n) is 2.50. The summed E-state index contributed by atoms with van der Waals surface area (Å²) in [6.45, 7) is 2.20. The van der Waals surface area contributed by atoms with Gasteiger partial charge in [0.15, 0.2) is 4.67 Å². The van der Waals surface area contributed by atoms with Gasteiger partial charge in [0.2, 0.25) is 0 Å². The topological polar surface area (TPSA) is 33.4 Å². The van der Waals surface area contributed by atoms with Gasteiger partial charge < -0.3 is 9.52 Å². The number of unbranched alkanes of at least 4 members (excludes halogenated alkanes) is 4. The smallest absolute Gasteiger partial charge is 0.169 e. The lowest BCUT2D eigenvalue weighted by molar-refractivity contribution is 0.135. The molecule has 86 valence electrons. The van der Waals surface area contributed by atoms with Crippen LogP contribution in [0.4, 0.5) is 0 Å². The third-order valence-corrected chi connectivity index (χ3v) is 2.93. The van der Waals surface area contributed by atoms with Crippen molar-refractivity contribution in [1.82, 2.24) is 0 Å². The van der Waals surface area contributed by atoms with Crippen LogP contribution < -0.4 is 0 Å². The second kappa shape index (κ2) is 7.07. The van der Waals surface area contributed by atoms with Crippen molar-refractivity contribution in [3.63, 3.8) is 0 Å². The quantitative estimate of drug-likeness (QED) is 0.746. The molecular formula is C12H19BrO2. The Labute approximate surface area is 99.8 Å². The van der Waals surface area contributed by atoms with E-state index in [0.29, 0.717) is 10.4 Å². The molecule has 1 aromatic rings. The molecule has 0 fully saturated rings. The van der Waals surface area contributed by atoms with E-state index in [1.54, 1.807) is 0 Å². The maximum absolute atomic E-state index is 9.78. The molecule has 0 saturated heterocycles. The predicted octanol–water partition coefficient (Wildman–Crippen LogP) is 4.44. The summed E-state index contributed by atoms with van der Waals surface area (Å²) in [4.78, 5) is 0. The van der Waals surface area contributed by atoms with E-state index in [0.717, 1.165) is 12.8 Å². The Hall–Kier alpha value is -0.280. The molecule has 0 bridgehead atoms. The molecule has 0 saturated carbocycles. The highest BCUT2D eigenvalue weighted by Gasteiger charge is 2.10. The molecule has 1 rings (SSSR count). The molecule has 1 aromatic heterocycles. The van der Waals surface area contributed by atoms with Crippen LogP contribution in [-0.4, -0.2) is 5.11 Å². The normalized spacial score (nSPS) is 13.0. The van der Waals surface area contributed by atoms with Gasteiger partial charge in [0, 0.05) is 0 Å². The number of furan rings is 1. The maximum atomic E-state index is 9.78. The molecule has 1 heterocycles. The van der Waals surface area contributed by atoms with Crippen molar-refractivity contribution in [3.05, 3.63) is 22.6 Å². The van der Waals surface area contributed by atoms with Gasteiger partial charge in [-0.1, -0.05) is 39.0 Å². The van der Waals surface area contributed by atoms with Gasteiger partial charge >= 0.3 is 0 Å². The van der Waals surface area contributed by atoms with E-state index in [1.807, 2.05) is 12.1 Å². The first-order valence-corrected chi connectivity index (χ1v) is 6.46. The summed E-state index contributed by atoms with van der Waals surface area (Å²) in [5.41, 5.74) is 0. The molecule has 1 atom stereocenters. The van der Waals surface area contributed by atoms with Gasteiger partial charge in [-0.15, -0.1) is 0 Å². The lowest BCUT2D eigenvalue weighted by atomic mass is 10.1. The molecule has 0 aliphatic rings. The summed E-state index contributed by atoms with van der Waals surface area (Å²) in [5, 5.41) is 9.78. The van der Waals surface area contributed by atoms with Crippen molar-refractivity contribution >= 4 is 15.9 Å². The third kappa shape index (κ3) is 4.85. The van der Waals surface area contributed by atoms with Crippen molar-refractivity contribution in [3.8, 4) is 0 Å². The summed E-state index contributed by atoms with van der Waals surface area (Å²) < 4.78 is 5.97. The summed E-state index contributed by atoms with van der Waals surface area (Å²) in [6, 6.07) is 3.64. The fourth-order valence-corrected chi connectivity index (χ4v) is 1.91. The van der Waals surface area contributed by atoms with Crippen LogP contribution in [0.25, 0.3) is 0 Å². The minimum absolute atomic E-state index is 0.446. The highest BCUT2D eigenvalue weighted by Crippen LogP contribution is 2.24. The van der Waals surface area contributed by atoms with Gasteiger partial charge in [-0.25, -0.2) is 0 Å². The predicted molar refractivity (Wildman–Crippen MR) is 64.7 cm³/mol. The molecule has 0 aliphatic carbocycles. The van der Waals surface area contributed by atoms with Crippen LogP contribution in [-0.2, 0) is 0 Å². The zero-order valence-electron chi connectivity index (χ0n) is 9.21. The Morgan fingerprint density at radius 1 is 1.27 bits per heavy atom. The molecule has 0 aromatic carbocycles. The Bertz CT molecular complexity index is 270. The summed E-state index contributed by atoms with van der Waals surface area (Å²) in [6.07, 6.45) is 6.44. The SMILES string of the molecule is CCCCCCCC(O)c1ccc(Br)o1. The summed E-state index contributed by atoms with van der Waals surface area (Å²) in [7, 11) is 0. The van der Waals surface area contributed by atoms with Crippen LogP contribution in [0.2, 0.25) is 0 Å². The molecule has 0 aliphatic heterocycles. The molecule has 0 amide bonds. The van der Waals surface area contributed by atoms with Crippen LogP contribution in [0.1, 0.15) is 57.3 Å². The number of halogens is 1. The van der Waals surface area contributed by atoms with Crippen molar-refractivity contribution in [2.24, 2.45) is 0 Å². The highest BCUT2D eigenvalue weighted by atomic mass is 79.9. The Morgan fingerprint density at radius 3 is 2.60 bits per heavy atom. The van der Waals surface area contributed by atoms with Crippen LogP contribution in [0.15, 0.2) is 21.2 Å². The largest absolute Gasteiger partial charge is 0.452 e. The van der Waals surface area contributed by atoms with Crippen LogP contribution >= 0.6 is 15.9 Å². The number of hydrogen-bond donors (Lipinski definition) is 1. The molecule has 0 radical (unpaired) electrons. The first-order valence-electron chi connectivity index (χ1n) is 5.67. The Balaban J connectivity index is 2.16. The number of aliphatic hydroxyl groups excluding tert-OH is 1. The zero-order valence-corrected chi connectivity index (χ0v) is 10.8. The lowest BCUT2D eigenvalue weighted by Gasteiger charge is -2.06. The van der Waals surface area contributed by atoms with E-state index in [2.05, 4.69) is 22.9 Å². The molecule has 1 unspecified atom stereocenters. The Morgan fingerprint density at radius 2 is 2.00 bits per heavy atom. The first kappa shape index (κ1) is 12.8. The van der Waals surface area contributed by atoms with Crippen molar-refractivity contribution in [2.75, 3.05) is 0 Å². The minimum Gasteiger partial charge on any atom is -0.452 e. The van der Waals surface area contributed by atoms with E-state index in [-0.39, 0.29) is 0 Å². The fourth-order valence-electron chi connectivity index (χ4n) is 1.59. The van der Waals surface area contributed by atoms with Crippen molar-refractivity contribution in [2.45, 2.75) is 51.6 Å². The summed E-state index contributed by atoms with van der Waals surface area (Å²) >= 11 is 3.23. The maximum Gasteiger partial charge on any atom is 0.169 e. The van der Waals surface area contributed by atoms with Crippen molar-refractivity contribution in [1.29, 1.82) is 0 Å². The van der Waals surface area contributed by atoms with Crippen LogP contribution in [0.5, 0.6) is 0 Å². The van der Waals surface area contributed by atoms with Gasteiger partial charge in [-0.05, 0) is 34.5 Å². The van der Waals surface area contributed by atoms with E-state index < -0.39 is 6.10 Å². The molecule has 1 N–H and O–H groups in total. The number of hydrogen-bond acceptors (Lipinski definition) is 2. The second-order valence-corrected chi connectivity index (χ2v) is 4.64. The molecular weight excluding hydrogens is 256 g/mol.